The molecule has 1 heterocycles. The van der Waals surface area contributed by atoms with E-state index in [4.69, 9.17) is 10.8 Å². The average molecular weight is 159 g/mol. The van der Waals surface area contributed by atoms with Gasteiger partial charge < -0.3 is 15.4 Å². The van der Waals surface area contributed by atoms with Gasteiger partial charge in [-0.15, -0.1) is 12.6 Å². The molecule has 0 unspecified atom stereocenters. The second kappa shape index (κ2) is 3.05. The Morgan fingerprint density at radius 2 is 2.60 bits per heavy atom. The van der Waals surface area contributed by atoms with Crippen LogP contribution in [-0.4, -0.2) is 14.7 Å². The molecular formula is C5H9N3OS. The second-order valence-electron chi connectivity index (χ2n) is 1.81. The number of hydrogen-bond acceptors (Lipinski definition) is 4. The van der Waals surface area contributed by atoms with E-state index in [0.29, 0.717) is 12.5 Å². The van der Waals surface area contributed by atoms with Gasteiger partial charge in [0.1, 0.15) is 5.82 Å². The molecule has 0 amide bonds. The predicted molar refractivity (Wildman–Crippen MR) is 40.4 cm³/mol. The smallest absolute Gasteiger partial charge is 0.155 e. The Morgan fingerprint density at radius 3 is 3.00 bits per heavy atom. The van der Waals surface area contributed by atoms with Crippen LogP contribution in [0.15, 0.2) is 12.4 Å². The monoisotopic (exact) mass is 159 g/mol. The third-order valence-electron chi connectivity index (χ3n) is 1.18. The predicted octanol–water partition coefficient (Wildman–Crippen LogP) is -0.280. The number of imidazole rings is 1. The van der Waals surface area contributed by atoms with Crippen LogP contribution in [0.3, 0.4) is 0 Å². The lowest BCUT2D eigenvalue weighted by atomic mass is 10.6. The van der Waals surface area contributed by atoms with Crippen LogP contribution >= 0.6 is 12.6 Å². The molecule has 1 aromatic heterocycles. The number of aliphatic hydroxyl groups excluding tert-OH is 1. The number of rotatable bonds is 2. The fourth-order valence-corrected chi connectivity index (χ4v) is 0.925. The zero-order valence-corrected chi connectivity index (χ0v) is 6.20. The minimum atomic E-state index is -0.849. The van der Waals surface area contributed by atoms with Crippen molar-refractivity contribution in [1.29, 1.82) is 0 Å². The number of hydrogen-bond donors (Lipinski definition) is 3. The molecule has 4 nitrogen and oxygen atoms in total. The van der Waals surface area contributed by atoms with Crippen LogP contribution in [0.2, 0.25) is 0 Å². The fourth-order valence-electron chi connectivity index (χ4n) is 0.710. The zero-order valence-electron chi connectivity index (χ0n) is 5.31. The summed E-state index contributed by atoms with van der Waals surface area (Å²) in [6.45, 7) is 0.312. The van der Waals surface area contributed by atoms with Gasteiger partial charge in [0.25, 0.3) is 0 Å². The Bertz CT molecular complexity index is 210. The summed E-state index contributed by atoms with van der Waals surface area (Å²) >= 11 is 3.79. The molecule has 3 N–H and O–H groups in total. The summed E-state index contributed by atoms with van der Waals surface area (Å²) in [6.07, 6.45) is 3.26. The summed E-state index contributed by atoms with van der Waals surface area (Å²) < 4.78 is 1.62. The normalized spacial score (nSPS) is 13.5. The molecule has 0 aromatic carbocycles. The van der Waals surface area contributed by atoms with Gasteiger partial charge in [-0.1, -0.05) is 0 Å². The van der Waals surface area contributed by atoms with E-state index in [1.165, 1.54) is 0 Å². The van der Waals surface area contributed by atoms with Crippen LogP contribution in [-0.2, 0) is 6.67 Å². The lowest BCUT2D eigenvalue weighted by Gasteiger charge is -2.04. The highest BCUT2D eigenvalue weighted by atomic mass is 32.1. The first kappa shape index (κ1) is 7.59. The van der Waals surface area contributed by atoms with Crippen molar-refractivity contribution in [3.05, 3.63) is 18.2 Å². The molecule has 0 radical (unpaired) electrons. The van der Waals surface area contributed by atoms with Gasteiger partial charge in [0.2, 0.25) is 0 Å². The fraction of sp³-hybridized carbons (Fsp3) is 0.400. The highest BCUT2D eigenvalue weighted by Gasteiger charge is 2.06. The molecule has 1 rings (SSSR count). The number of aromatic nitrogens is 2. The second-order valence-corrected chi connectivity index (χ2v) is 2.30. The minimum Gasteiger partial charge on any atom is -0.375 e. The van der Waals surface area contributed by atoms with Crippen LogP contribution in [0.4, 0.5) is 0 Å². The Hall–Kier alpha value is -0.520. The third kappa shape index (κ3) is 1.31. The first-order valence-corrected chi connectivity index (χ1v) is 3.34. The van der Waals surface area contributed by atoms with Crippen LogP contribution in [0, 0.1) is 0 Å². The minimum absolute atomic E-state index is 0.312. The van der Waals surface area contributed by atoms with Crippen molar-refractivity contribution in [1.82, 2.24) is 9.55 Å². The van der Waals surface area contributed by atoms with E-state index >= 15 is 0 Å². The summed E-state index contributed by atoms with van der Waals surface area (Å²) in [7, 11) is 0. The van der Waals surface area contributed by atoms with Crippen molar-refractivity contribution < 1.29 is 5.11 Å². The summed E-state index contributed by atoms with van der Waals surface area (Å²) in [5.41, 5.74) is 4.46. The van der Waals surface area contributed by atoms with E-state index in [1.807, 2.05) is 0 Å². The Labute approximate surface area is 64.1 Å². The van der Waals surface area contributed by atoms with Gasteiger partial charge in [-0.3, -0.25) is 0 Å². The third-order valence-corrected chi connectivity index (χ3v) is 1.41. The van der Waals surface area contributed by atoms with Gasteiger partial charge in [0.15, 0.2) is 5.44 Å². The van der Waals surface area contributed by atoms with E-state index in [0.717, 1.165) is 0 Å². The highest BCUT2D eigenvalue weighted by molar-refractivity contribution is 7.80. The molecule has 10 heavy (non-hydrogen) atoms. The number of thiol groups is 1. The summed E-state index contributed by atoms with van der Waals surface area (Å²) in [4.78, 5) is 3.84. The van der Waals surface area contributed by atoms with E-state index in [-0.39, 0.29) is 0 Å². The summed E-state index contributed by atoms with van der Waals surface area (Å²) in [5, 5.41) is 8.95. The number of nitrogens with zero attached hydrogens (tertiary/aromatic N) is 2. The van der Waals surface area contributed by atoms with Crippen molar-refractivity contribution in [2.45, 2.75) is 12.1 Å². The Kier molecular flexibility index (Phi) is 2.31. The van der Waals surface area contributed by atoms with E-state index < -0.39 is 5.44 Å². The molecular weight excluding hydrogens is 150 g/mol. The largest absolute Gasteiger partial charge is 0.375 e. The Balaban J connectivity index is 2.90. The zero-order chi connectivity index (χ0) is 7.56. The molecule has 0 saturated carbocycles. The quantitative estimate of drug-likeness (QED) is 0.411. The first-order chi connectivity index (χ1) is 4.75. The maximum atomic E-state index is 8.95. The van der Waals surface area contributed by atoms with Crippen molar-refractivity contribution in [3.63, 3.8) is 0 Å². The molecule has 0 spiro atoms. The highest BCUT2D eigenvalue weighted by Crippen LogP contribution is 2.12. The van der Waals surface area contributed by atoms with Crippen LogP contribution in [0.1, 0.15) is 11.3 Å². The van der Waals surface area contributed by atoms with Crippen molar-refractivity contribution in [3.8, 4) is 0 Å². The van der Waals surface area contributed by atoms with Crippen LogP contribution < -0.4 is 5.73 Å². The van der Waals surface area contributed by atoms with Crippen LogP contribution in [0.25, 0.3) is 0 Å². The van der Waals surface area contributed by atoms with Crippen molar-refractivity contribution >= 4 is 12.6 Å². The molecule has 1 aromatic rings. The molecule has 0 aliphatic rings. The van der Waals surface area contributed by atoms with Gasteiger partial charge in [-0.25, -0.2) is 4.98 Å². The SMILES string of the molecule is NCn1ccnc1[C@@H](O)S. The summed E-state index contributed by atoms with van der Waals surface area (Å²) in [5.74, 6) is 0.478. The molecule has 0 aliphatic heterocycles. The van der Waals surface area contributed by atoms with Gasteiger partial charge in [0, 0.05) is 12.4 Å². The molecule has 0 bridgehead atoms. The summed E-state index contributed by atoms with van der Waals surface area (Å²) in [6, 6.07) is 0. The van der Waals surface area contributed by atoms with E-state index in [2.05, 4.69) is 17.6 Å². The molecule has 56 valence electrons. The number of nitrogens with two attached hydrogens (primary N) is 1. The molecule has 0 saturated heterocycles. The Morgan fingerprint density at radius 1 is 1.90 bits per heavy atom. The average Bonchev–Trinajstić information content (AvgIpc) is 2.33. The molecule has 5 heteroatoms. The first-order valence-electron chi connectivity index (χ1n) is 2.83. The lowest BCUT2D eigenvalue weighted by molar-refractivity contribution is 0.256. The molecule has 0 aliphatic carbocycles. The number of aliphatic hydroxyl groups is 1. The maximum absolute atomic E-state index is 8.95. The lowest BCUT2D eigenvalue weighted by Crippen LogP contribution is -2.10. The van der Waals surface area contributed by atoms with Crippen LogP contribution in [0.5, 0.6) is 0 Å². The van der Waals surface area contributed by atoms with Crippen molar-refractivity contribution in [2.24, 2.45) is 5.73 Å². The van der Waals surface area contributed by atoms with Gasteiger partial charge in [-0.05, 0) is 0 Å². The van der Waals surface area contributed by atoms with Gasteiger partial charge in [-0.2, -0.15) is 0 Å². The molecule has 0 fully saturated rings. The van der Waals surface area contributed by atoms with Gasteiger partial charge >= 0.3 is 0 Å². The van der Waals surface area contributed by atoms with E-state index in [9.17, 15) is 0 Å². The molecule has 1 atom stereocenters. The standard InChI is InChI=1S/C5H9N3OS/c6-3-8-2-1-7-4(8)5(9)10/h1-2,5,9-10H,3,6H2/t5-/m0/s1. The van der Waals surface area contributed by atoms with E-state index in [1.54, 1.807) is 17.0 Å². The van der Waals surface area contributed by atoms with Gasteiger partial charge in [0.05, 0.1) is 6.67 Å². The maximum Gasteiger partial charge on any atom is 0.155 e. The van der Waals surface area contributed by atoms with Crippen molar-refractivity contribution in [2.75, 3.05) is 0 Å². The topological polar surface area (TPSA) is 64.1 Å².